The third-order valence-electron chi connectivity index (χ3n) is 5.17. The molecule has 1 aromatic heterocycles. The number of benzene rings is 1. The van der Waals surface area contributed by atoms with Gasteiger partial charge < -0.3 is 14.5 Å². The van der Waals surface area contributed by atoms with Crippen molar-refractivity contribution in [2.24, 2.45) is 5.16 Å². The van der Waals surface area contributed by atoms with Crippen molar-refractivity contribution >= 4 is 17.3 Å². The molecular formula is C18H19ClFN3O2. The number of aliphatic hydroxyl groups is 1. The summed E-state index contributed by atoms with van der Waals surface area (Å²) in [7, 11) is 0. The van der Waals surface area contributed by atoms with Crippen LogP contribution in [0.1, 0.15) is 43.7 Å². The van der Waals surface area contributed by atoms with E-state index in [1.165, 1.54) is 6.07 Å². The maximum Gasteiger partial charge on any atom is 0.168 e. The molecule has 2 aromatic rings. The molecule has 0 bridgehead atoms. The third-order valence-corrected chi connectivity index (χ3v) is 5.41. The molecule has 2 aliphatic rings. The molecule has 2 heterocycles. The summed E-state index contributed by atoms with van der Waals surface area (Å²) >= 11 is 5.89. The molecule has 4 rings (SSSR count). The predicted molar refractivity (Wildman–Crippen MR) is 92.1 cm³/mol. The first-order valence-corrected chi connectivity index (χ1v) is 8.85. The molecule has 1 fully saturated rings. The summed E-state index contributed by atoms with van der Waals surface area (Å²) in [5.74, 6) is -0.453. The van der Waals surface area contributed by atoms with E-state index in [2.05, 4.69) is 10.1 Å². The van der Waals surface area contributed by atoms with Crippen LogP contribution in [0.25, 0.3) is 0 Å². The van der Waals surface area contributed by atoms with Crippen molar-refractivity contribution in [3.8, 4) is 0 Å². The van der Waals surface area contributed by atoms with Crippen molar-refractivity contribution < 1.29 is 14.3 Å². The number of aromatic nitrogens is 2. The number of aliphatic hydroxyl groups excluding tert-OH is 1. The van der Waals surface area contributed by atoms with Gasteiger partial charge in [0.15, 0.2) is 5.60 Å². The Morgan fingerprint density at radius 1 is 1.32 bits per heavy atom. The zero-order valence-corrected chi connectivity index (χ0v) is 14.4. The lowest BCUT2D eigenvalue weighted by atomic mass is 9.78. The van der Waals surface area contributed by atoms with E-state index < -0.39 is 23.6 Å². The average Bonchev–Trinajstić information content (AvgIpc) is 3.23. The van der Waals surface area contributed by atoms with Gasteiger partial charge in [-0.15, -0.1) is 0 Å². The predicted octanol–water partition coefficient (Wildman–Crippen LogP) is 3.72. The number of nitrogens with zero attached hydrogens (tertiary/aromatic N) is 3. The van der Waals surface area contributed by atoms with Gasteiger partial charge in [0.1, 0.15) is 23.7 Å². The molecule has 1 N–H and O–H groups in total. The molecule has 1 aliphatic heterocycles. The van der Waals surface area contributed by atoms with Gasteiger partial charge in [0.25, 0.3) is 0 Å². The maximum atomic E-state index is 14.6. The standard InChI is InChI=1S/C18H19ClFN3O2/c19-12-4-5-13(14(20)10-12)16(23-9-8-21-11-23)15-17(24)18(25-22-15)6-2-1-3-7-18/h4-5,8-11,16-17,24H,1-3,6-7H2. The van der Waals surface area contributed by atoms with Crippen LogP contribution < -0.4 is 0 Å². The topological polar surface area (TPSA) is 59.6 Å². The lowest BCUT2D eigenvalue weighted by Crippen LogP contribution is -2.47. The van der Waals surface area contributed by atoms with Crippen LogP contribution in [0.15, 0.2) is 42.1 Å². The monoisotopic (exact) mass is 363 g/mol. The molecule has 0 radical (unpaired) electrons. The van der Waals surface area contributed by atoms with Crippen LogP contribution in [0.2, 0.25) is 5.02 Å². The van der Waals surface area contributed by atoms with E-state index in [4.69, 9.17) is 16.4 Å². The van der Waals surface area contributed by atoms with Gasteiger partial charge in [0, 0.05) is 23.0 Å². The molecule has 1 saturated carbocycles. The lowest BCUT2D eigenvalue weighted by molar-refractivity contribution is -0.0972. The highest BCUT2D eigenvalue weighted by atomic mass is 35.5. The van der Waals surface area contributed by atoms with E-state index >= 15 is 0 Å². The molecule has 2 atom stereocenters. The number of rotatable bonds is 3. The molecule has 2 unspecified atom stereocenters. The van der Waals surface area contributed by atoms with Crippen LogP contribution in [0, 0.1) is 5.82 Å². The fourth-order valence-corrected chi connectivity index (χ4v) is 4.00. The Hall–Kier alpha value is -1.92. The van der Waals surface area contributed by atoms with Gasteiger partial charge in [-0.05, 0) is 37.8 Å². The van der Waals surface area contributed by atoms with Gasteiger partial charge in [-0.2, -0.15) is 0 Å². The van der Waals surface area contributed by atoms with Crippen LogP contribution >= 0.6 is 11.6 Å². The Balaban J connectivity index is 1.75. The Bertz CT molecular complexity index is 788. The fraction of sp³-hybridized carbons (Fsp3) is 0.444. The number of imidazole rings is 1. The summed E-state index contributed by atoms with van der Waals surface area (Å²) in [6.07, 6.45) is 8.65. The first-order valence-electron chi connectivity index (χ1n) is 8.47. The Labute approximate surface area is 150 Å². The minimum absolute atomic E-state index is 0.319. The highest BCUT2D eigenvalue weighted by molar-refractivity contribution is 6.30. The van der Waals surface area contributed by atoms with Crippen molar-refractivity contribution in [2.45, 2.75) is 49.9 Å². The highest BCUT2D eigenvalue weighted by Gasteiger charge is 2.51. The largest absolute Gasteiger partial charge is 0.386 e. The van der Waals surface area contributed by atoms with Crippen molar-refractivity contribution in [2.75, 3.05) is 0 Å². The molecule has 7 heteroatoms. The van der Waals surface area contributed by atoms with E-state index in [-0.39, 0.29) is 0 Å². The van der Waals surface area contributed by atoms with Gasteiger partial charge in [0.2, 0.25) is 0 Å². The molecule has 0 saturated heterocycles. The summed E-state index contributed by atoms with van der Waals surface area (Å²) in [4.78, 5) is 9.78. The van der Waals surface area contributed by atoms with E-state index in [9.17, 15) is 9.50 Å². The smallest absolute Gasteiger partial charge is 0.168 e. The summed E-state index contributed by atoms with van der Waals surface area (Å²) < 4.78 is 16.3. The normalized spacial score (nSPS) is 23.3. The molecule has 1 aromatic carbocycles. The fourth-order valence-electron chi connectivity index (χ4n) is 3.85. The molecular weight excluding hydrogens is 345 g/mol. The number of oxime groups is 1. The van der Waals surface area contributed by atoms with Crippen LogP contribution in [-0.2, 0) is 4.84 Å². The summed E-state index contributed by atoms with van der Waals surface area (Å²) in [6.45, 7) is 0. The van der Waals surface area contributed by atoms with Crippen LogP contribution in [0.3, 0.4) is 0 Å². The van der Waals surface area contributed by atoms with Crippen molar-refractivity contribution in [1.82, 2.24) is 9.55 Å². The van der Waals surface area contributed by atoms with Crippen molar-refractivity contribution in [1.29, 1.82) is 0 Å². The number of hydrogen-bond acceptors (Lipinski definition) is 4. The molecule has 0 amide bonds. The number of hydrogen-bond donors (Lipinski definition) is 1. The summed E-state index contributed by atoms with van der Waals surface area (Å²) in [6, 6.07) is 3.88. The van der Waals surface area contributed by atoms with E-state index in [0.29, 0.717) is 16.3 Å². The van der Waals surface area contributed by atoms with Gasteiger partial charge in [-0.1, -0.05) is 29.2 Å². The zero-order chi connectivity index (χ0) is 17.4. The van der Waals surface area contributed by atoms with Gasteiger partial charge in [-0.25, -0.2) is 9.37 Å². The van der Waals surface area contributed by atoms with Crippen molar-refractivity contribution in [3.05, 3.63) is 53.3 Å². The second kappa shape index (κ2) is 6.42. The second-order valence-electron chi connectivity index (χ2n) is 6.71. The van der Waals surface area contributed by atoms with Crippen LogP contribution in [0.5, 0.6) is 0 Å². The van der Waals surface area contributed by atoms with Crippen molar-refractivity contribution in [3.63, 3.8) is 0 Å². The minimum Gasteiger partial charge on any atom is -0.386 e. The Morgan fingerprint density at radius 2 is 2.12 bits per heavy atom. The minimum atomic E-state index is -0.879. The third kappa shape index (κ3) is 2.83. The quantitative estimate of drug-likeness (QED) is 0.904. The van der Waals surface area contributed by atoms with Crippen LogP contribution in [-0.4, -0.2) is 32.1 Å². The molecule has 1 aliphatic carbocycles. The molecule has 132 valence electrons. The number of halogens is 2. The summed E-state index contributed by atoms with van der Waals surface area (Å²) in [5.41, 5.74) is 0.0905. The lowest BCUT2D eigenvalue weighted by Gasteiger charge is -2.34. The molecule has 25 heavy (non-hydrogen) atoms. The van der Waals surface area contributed by atoms with Gasteiger partial charge >= 0.3 is 0 Å². The zero-order valence-electron chi connectivity index (χ0n) is 13.6. The molecule has 1 spiro atoms. The van der Waals surface area contributed by atoms with Crippen LogP contribution in [0.4, 0.5) is 4.39 Å². The summed E-state index contributed by atoms with van der Waals surface area (Å²) in [5, 5.41) is 15.5. The second-order valence-corrected chi connectivity index (χ2v) is 7.15. The molecule has 5 nitrogen and oxygen atoms in total. The van der Waals surface area contributed by atoms with E-state index in [0.717, 1.165) is 32.1 Å². The SMILES string of the molecule is OC1C(C(c2ccc(Cl)cc2F)n2ccnc2)=NOC12CCCCC2. The first-order chi connectivity index (χ1) is 12.1. The van der Waals surface area contributed by atoms with Gasteiger partial charge in [-0.3, -0.25) is 0 Å². The Morgan fingerprint density at radius 3 is 2.80 bits per heavy atom. The highest BCUT2D eigenvalue weighted by Crippen LogP contribution is 2.42. The Kier molecular flexibility index (Phi) is 4.25. The first kappa shape index (κ1) is 16.5. The maximum absolute atomic E-state index is 14.6. The van der Waals surface area contributed by atoms with E-state index in [1.807, 2.05) is 0 Å². The average molecular weight is 364 g/mol. The van der Waals surface area contributed by atoms with E-state index in [1.54, 1.807) is 35.4 Å². The van der Waals surface area contributed by atoms with Gasteiger partial charge in [0.05, 0.1) is 6.33 Å².